The third kappa shape index (κ3) is 3.48. The van der Waals surface area contributed by atoms with Gasteiger partial charge in [0.25, 0.3) is 0 Å². The third-order valence-corrected chi connectivity index (χ3v) is 5.34. The highest BCUT2D eigenvalue weighted by atomic mass is 79.9. The average molecular weight is 429 g/mol. The Bertz CT molecular complexity index is 881. The van der Waals surface area contributed by atoms with Crippen molar-refractivity contribution in [1.82, 2.24) is 19.9 Å². The number of nitrogens with zero attached hydrogens (tertiary/aromatic N) is 4. The van der Waals surface area contributed by atoms with E-state index < -0.39 is 8.38 Å². The predicted molar refractivity (Wildman–Crippen MR) is 98.1 cm³/mol. The maximum atomic E-state index is 5.88. The summed E-state index contributed by atoms with van der Waals surface area (Å²) in [6.07, 6.45) is 4.85. The summed E-state index contributed by atoms with van der Waals surface area (Å²) in [5.74, 6) is 0.529. The lowest BCUT2D eigenvalue weighted by Gasteiger charge is -2.19. The first-order valence-corrected chi connectivity index (χ1v) is 9.06. The Labute approximate surface area is 152 Å². The first kappa shape index (κ1) is 17.4. The Hall–Kier alpha value is -1.44. The Balaban J connectivity index is 2.16. The molecule has 1 N–H and O–H groups in total. The zero-order chi connectivity index (χ0) is 17.1. The van der Waals surface area contributed by atoms with Crippen molar-refractivity contribution in [1.29, 1.82) is 0 Å². The second-order valence-electron chi connectivity index (χ2n) is 4.47. The van der Waals surface area contributed by atoms with Crippen LogP contribution < -0.4 is 10.6 Å². The van der Waals surface area contributed by atoms with E-state index >= 15 is 0 Å². The van der Waals surface area contributed by atoms with Crippen LogP contribution in [0.3, 0.4) is 0 Å². The molecule has 0 bridgehead atoms. The van der Waals surface area contributed by atoms with Crippen LogP contribution in [0.2, 0.25) is 5.28 Å². The molecule has 0 aliphatic carbocycles. The van der Waals surface area contributed by atoms with Gasteiger partial charge in [-0.3, -0.25) is 9.97 Å². The van der Waals surface area contributed by atoms with Gasteiger partial charge in [0.15, 0.2) is 0 Å². The lowest BCUT2D eigenvalue weighted by molar-refractivity contribution is 0.350. The molecule has 3 aromatic rings. The van der Waals surface area contributed by atoms with Gasteiger partial charge in [-0.1, -0.05) is 0 Å². The number of anilines is 2. The molecule has 2 heterocycles. The fourth-order valence-electron chi connectivity index (χ4n) is 2.13. The van der Waals surface area contributed by atoms with Gasteiger partial charge in [0.1, 0.15) is 11.3 Å². The van der Waals surface area contributed by atoms with Gasteiger partial charge in [0.05, 0.1) is 21.0 Å². The molecule has 0 amide bonds. The number of halogens is 2. The molecule has 3 rings (SSSR count). The van der Waals surface area contributed by atoms with Crippen molar-refractivity contribution in [2.24, 2.45) is 0 Å². The fraction of sp³-hybridized carbons (Fsp3) is 0.143. The van der Waals surface area contributed by atoms with Gasteiger partial charge < -0.3 is 14.4 Å². The van der Waals surface area contributed by atoms with Crippen LogP contribution in [0, 0.1) is 0 Å². The van der Waals surface area contributed by atoms with Crippen molar-refractivity contribution in [2.75, 3.05) is 19.5 Å². The molecule has 0 radical (unpaired) electrons. The first-order chi connectivity index (χ1) is 11.6. The van der Waals surface area contributed by atoms with E-state index in [0.29, 0.717) is 15.8 Å². The van der Waals surface area contributed by atoms with Crippen LogP contribution in [0.5, 0.6) is 0 Å². The van der Waals surface area contributed by atoms with Crippen LogP contribution in [0.15, 0.2) is 35.2 Å². The summed E-state index contributed by atoms with van der Waals surface area (Å²) in [4.78, 5) is 16.9. The summed E-state index contributed by atoms with van der Waals surface area (Å²) in [5, 5.41) is 4.15. The molecule has 0 aliphatic heterocycles. The SMILES string of the molecule is COP(OC)c1c(Nc2nc(Cl)ncc2Br)ccc2nccnc12. The molecule has 24 heavy (non-hydrogen) atoms. The van der Waals surface area contributed by atoms with Crippen molar-refractivity contribution < 1.29 is 9.05 Å². The first-order valence-electron chi connectivity index (χ1n) is 6.71. The van der Waals surface area contributed by atoms with Crippen LogP contribution >= 0.6 is 35.9 Å². The van der Waals surface area contributed by atoms with Gasteiger partial charge in [-0.2, -0.15) is 4.98 Å². The van der Waals surface area contributed by atoms with Gasteiger partial charge in [0.2, 0.25) is 13.7 Å². The van der Waals surface area contributed by atoms with E-state index in [1.165, 1.54) is 0 Å². The number of aromatic nitrogens is 4. The second-order valence-corrected chi connectivity index (χ2v) is 7.35. The highest BCUT2D eigenvalue weighted by molar-refractivity contribution is 9.10. The predicted octanol–water partition coefficient (Wildman–Crippen LogP) is 3.81. The molecule has 0 saturated carbocycles. The number of fused-ring (bicyclic) bond motifs is 1. The van der Waals surface area contributed by atoms with E-state index in [4.69, 9.17) is 20.6 Å². The van der Waals surface area contributed by atoms with E-state index in [2.05, 4.69) is 41.2 Å². The van der Waals surface area contributed by atoms with Gasteiger partial charge in [-0.05, 0) is 39.7 Å². The highest BCUT2D eigenvalue weighted by Gasteiger charge is 2.21. The van der Waals surface area contributed by atoms with Crippen molar-refractivity contribution in [3.63, 3.8) is 0 Å². The Kier molecular flexibility index (Phi) is 5.53. The summed E-state index contributed by atoms with van der Waals surface area (Å²) in [6, 6.07) is 3.74. The average Bonchev–Trinajstić information content (AvgIpc) is 2.60. The van der Waals surface area contributed by atoms with E-state index in [1.54, 1.807) is 32.8 Å². The van der Waals surface area contributed by atoms with Crippen LogP contribution in [-0.4, -0.2) is 34.2 Å². The second kappa shape index (κ2) is 7.63. The molecule has 7 nitrogen and oxygen atoms in total. The van der Waals surface area contributed by atoms with Gasteiger partial charge in [0, 0.05) is 32.8 Å². The molecule has 0 unspecified atom stereocenters. The monoisotopic (exact) mass is 427 g/mol. The molecule has 0 atom stereocenters. The molecule has 0 aliphatic rings. The lowest BCUT2D eigenvalue weighted by Crippen LogP contribution is -2.13. The summed E-state index contributed by atoms with van der Waals surface area (Å²) in [7, 11) is 1.84. The Morgan fingerprint density at radius 1 is 1.12 bits per heavy atom. The Morgan fingerprint density at radius 2 is 1.88 bits per heavy atom. The molecular formula is C14H12BrClN5O2P. The number of nitrogens with one attached hydrogen (secondary N) is 1. The van der Waals surface area contributed by atoms with E-state index in [9.17, 15) is 0 Å². The number of hydrogen-bond acceptors (Lipinski definition) is 7. The number of hydrogen-bond donors (Lipinski definition) is 1. The fourth-order valence-corrected chi connectivity index (χ4v) is 3.74. The number of benzene rings is 1. The quantitative estimate of drug-likeness (QED) is 0.489. The minimum absolute atomic E-state index is 0.142. The van der Waals surface area contributed by atoms with E-state index in [0.717, 1.165) is 16.5 Å². The van der Waals surface area contributed by atoms with Crippen LogP contribution in [0.4, 0.5) is 11.5 Å². The molecule has 1 aromatic carbocycles. The molecule has 0 spiro atoms. The summed E-state index contributed by atoms with van der Waals surface area (Å²) in [6.45, 7) is 0. The van der Waals surface area contributed by atoms with Gasteiger partial charge in [-0.25, -0.2) is 4.98 Å². The molecule has 124 valence electrons. The van der Waals surface area contributed by atoms with Crippen LogP contribution in [0.25, 0.3) is 11.0 Å². The topological polar surface area (TPSA) is 82.0 Å². The smallest absolute Gasteiger partial charge is 0.224 e. The van der Waals surface area contributed by atoms with Crippen molar-refractivity contribution in [2.45, 2.75) is 0 Å². The lowest BCUT2D eigenvalue weighted by atomic mass is 10.2. The summed E-state index contributed by atoms with van der Waals surface area (Å²) in [5.41, 5.74) is 2.20. The zero-order valence-electron chi connectivity index (χ0n) is 12.7. The summed E-state index contributed by atoms with van der Waals surface area (Å²) >= 11 is 9.29. The molecule has 2 aromatic heterocycles. The molecule has 10 heteroatoms. The standard InChI is InChI=1S/C14H12BrClN5O2P/c1-22-24(23-2)12-10(4-3-9-11(12)18-6-5-17-9)20-13-8(15)7-19-14(16)21-13/h3-7H,1-2H3,(H,19,20,21). The zero-order valence-corrected chi connectivity index (χ0v) is 15.9. The van der Waals surface area contributed by atoms with E-state index in [-0.39, 0.29) is 5.28 Å². The van der Waals surface area contributed by atoms with Crippen molar-refractivity contribution in [3.8, 4) is 0 Å². The minimum atomic E-state index is -1.34. The maximum Gasteiger partial charge on any atom is 0.224 e. The number of rotatable bonds is 5. The largest absolute Gasteiger partial charge is 0.338 e. The van der Waals surface area contributed by atoms with E-state index in [1.807, 2.05) is 12.1 Å². The van der Waals surface area contributed by atoms with Crippen LogP contribution in [0.1, 0.15) is 0 Å². The molecular weight excluding hydrogens is 417 g/mol. The van der Waals surface area contributed by atoms with Crippen LogP contribution in [-0.2, 0) is 9.05 Å². The minimum Gasteiger partial charge on any atom is -0.338 e. The molecule has 0 saturated heterocycles. The Morgan fingerprint density at radius 3 is 2.62 bits per heavy atom. The summed E-state index contributed by atoms with van der Waals surface area (Å²) < 4.78 is 11.7. The van der Waals surface area contributed by atoms with Gasteiger partial charge >= 0.3 is 0 Å². The third-order valence-electron chi connectivity index (χ3n) is 3.10. The normalized spacial score (nSPS) is 11.2. The van der Waals surface area contributed by atoms with Crippen molar-refractivity contribution in [3.05, 3.63) is 40.5 Å². The maximum absolute atomic E-state index is 5.88. The van der Waals surface area contributed by atoms with Crippen molar-refractivity contribution >= 4 is 63.7 Å². The highest BCUT2D eigenvalue weighted by Crippen LogP contribution is 2.41. The van der Waals surface area contributed by atoms with Gasteiger partial charge in [-0.15, -0.1) is 0 Å². The molecule has 0 fully saturated rings.